The number of aromatic nitrogens is 1. The van der Waals surface area contributed by atoms with Gasteiger partial charge in [0.25, 0.3) is 0 Å². The summed E-state index contributed by atoms with van der Waals surface area (Å²) in [7, 11) is 0. The van der Waals surface area contributed by atoms with Crippen molar-refractivity contribution in [3.8, 4) is 0 Å². The van der Waals surface area contributed by atoms with Crippen LogP contribution in [0.15, 0.2) is 18.2 Å². The molecule has 2 rings (SSSR count). The van der Waals surface area contributed by atoms with Gasteiger partial charge in [0.05, 0.1) is 0 Å². The lowest BCUT2D eigenvalue weighted by Crippen LogP contribution is -2.04. The summed E-state index contributed by atoms with van der Waals surface area (Å²) in [5.74, 6) is 0.571. The van der Waals surface area contributed by atoms with E-state index in [1.54, 1.807) is 0 Å². The summed E-state index contributed by atoms with van der Waals surface area (Å²) < 4.78 is 13.9. The minimum atomic E-state index is -0.243. The van der Waals surface area contributed by atoms with Gasteiger partial charge in [0.15, 0.2) is 0 Å². The Bertz CT molecular complexity index is 564. The highest BCUT2D eigenvalue weighted by Gasteiger charge is 2.09. The molecule has 0 atom stereocenters. The van der Waals surface area contributed by atoms with Crippen molar-refractivity contribution in [3.63, 3.8) is 0 Å². The van der Waals surface area contributed by atoms with Crippen LogP contribution in [-0.2, 0) is 6.42 Å². The average Bonchev–Trinajstić information content (AvgIpc) is 2.31. The fourth-order valence-corrected chi connectivity index (χ4v) is 2.21. The summed E-state index contributed by atoms with van der Waals surface area (Å²) in [6, 6.07) is 5.57. The zero-order valence-corrected chi connectivity index (χ0v) is 11.2. The first-order valence-corrected chi connectivity index (χ1v) is 6.49. The third kappa shape index (κ3) is 2.45. The van der Waals surface area contributed by atoms with Gasteiger partial charge in [-0.15, -0.1) is 0 Å². The molecule has 1 aromatic heterocycles. The normalized spacial score (nSPS) is 10.9. The molecule has 0 saturated carbocycles. The van der Waals surface area contributed by atoms with E-state index in [0.29, 0.717) is 5.52 Å². The largest absolute Gasteiger partial charge is 0.370 e. The van der Waals surface area contributed by atoms with Gasteiger partial charge >= 0.3 is 0 Å². The SMILES string of the molecule is CCCc1cc2cc(C)cc(F)c2nc1NCC. The number of aryl methyl sites for hydroxylation is 2. The Morgan fingerprint density at radius 1 is 1.22 bits per heavy atom. The lowest BCUT2D eigenvalue weighted by molar-refractivity contribution is 0.635. The van der Waals surface area contributed by atoms with E-state index >= 15 is 0 Å². The summed E-state index contributed by atoms with van der Waals surface area (Å²) in [6.07, 6.45) is 2.01. The number of pyridine rings is 1. The zero-order valence-electron chi connectivity index (χ0n) is 11.2. The second-order valence-corrected chi connectivity index (χ2v) is 4.59. The molecule has 0 aliphatic rings. The Kier molecular flexibility index (Phi) is 3.80. The third-order valence-electron chi connectivity index (χ3n) is 2.96. The average molecular weight is 246 g/mol. The minimum absolute atomic E-state index is 0.243. The molecule has 3 heteroatoms. The molecule has 0 aliphatic heterocycles. The standard InChI is InChI=1S/C15H19FN2/c1-4-6-11-9-12-7-10(3)8-13(16)14(12)18-15(11)17-5-2/h7-9H,4-6H2,1-3H3,(H,17,18). The van der Waals surface area contributed by atoms with Gasteiger partial charge in [-0.1, -0.05) is 13.3 Å². The Balaban J connectivity index is 2.63. The highest BCUT2D eigenvalue weighted by molar-refractivity contribution is 5.83. The predicted octanol–water partition coefficient (Wildman–Crippen LogP) is 4.07. The maximum atomic E-state index is 13.9. The van der Waals surface area contributed by atoms with Gasteiger partial charge in [-0.3, -0.25) is 0 Å². The van der Waals surface area contributed by atoms with Gasteiger partial charge in [-0.05, 0) is 49.6 Å². The number of rotatable bonds is 4. The molecule has 18 heavy (non-hydrogen) atoms. The van der Waals surface area contributed by atoms with Crippen LogP contribution >= 0.6 is 0 Å². The molecule has 0 unspecified atom stereocenters. The van der Waals surface area contributed by atoms with Gasteiger partial charge in [-0.2, -0.15) is 0 Å². The van der Waals surface area contributed by atoms with Crippen molar-refractivity contribution in [2.45, 2.75) is 33.6 Å². The van der Waals surface area contributed by atoms with Crippen LogP contribution in [0.1, 0.15) is 31.4 Å². The van der Waals surface area contributed by atoms with Crippen molar-refractivity contribution in [1.82, 2.24) is 4.98 Å². The predicted molar refractivity (Wildman–Crippen MR) is 74.6 cm³/mol. The number of nitrogens with zero attached hydrogens (tertiary/aromatic N) is 1. The van der Waals surface area contributed by atoms with Gasteiger partial charge < -0.3 is 5.32 Å². The number of benzene rings is 1. The van der Waals surface area contributed by atoms with Crippen LogP contribution in [0.3, 0.4) is 0 Å². The number of anilines is 1. The molecular formula is C15H19FN2. The quantitative estimate of drug-likeness (QED) is 0.879. The highest BCUT2D eigenvalue weighted by atomic mass is 19.1. The summed E-state index contributed by atoms with van der Waals surface area (Å²) in [5.41, 5.74) is 2.55. The maximum absolute atomic E-state index is 13.9. The van der Waals surface area contributed by atoms with Crippen molar-refractivity contribution < 1.29 is 4.39 Å². The van der Waals surface area contributed by atoms with Crippen molar-refractivity contribution in [1.29, 1.82) is 0 Å². The van der Waals surface area contributed by atoms with E-state index < -0.39 is 0 Å². The topological polar surface area (TPSA) is 24.9 Å². The first-order chi connectivity index (χ1) is 8.65. The van der Waals surface area contributed by atoms with Crippen molar-refractivity contribution in [2.75, 3.05) is 11.9 Å². The third-order valence-corrected chi connectivity index (χ3v) is 2.96. The molecule has 0 radical (unpaired) electrons. The monoisotopic (exact) mass is 246 g/mol. The van der Waals surface area contributed by atoms with Gasteiger partial charge in [0.1, 0.15) is 17.2 Å². The van der Waals surface area contributed by atoms with Gasteiger partial charge in [-0.25, -0.2) is 9.37 Å². The van der Waals surface area contributed by atoms with Crippen LogP contribution in [0.2, 0.25) is 0 Å². The Hall–Kier alpha value is -1.64. The summed E-state index contributed by atoms with van der Waals surface area (Å²) in [6.45, 7) is 6.85. The molecule has 0 amide bonds. The number of hydrogen-bond donors (Lipinski definition) is 1. The molecular weight excluding hydrogens is 227 g/mol. The number of fused-ring (bicyclic) bond motifs is 1. The van der Waals surface area contributed by atoms with E-state index in [4.69, 9.17) is 0 Å². The van der Waals surface area contributed by atoms with E-state index in [1.165, 1.54) is 6.07 Å². The van der Waals surface area contributed by atoms with E-state index in [2.05, 4.69) is 23.3 Å². The van der Waals surface area contributed by atoms with Gasteiger partial charge in [0.2, 0.25) is 0 Å². The van der Waals surface area contributed by atoms with Crippen LogP contribution in [-0.4, -0.2) is 11.5 Å². The number of nitrogens with one attached hydrogen (secondary N) is 1. The van der Waals surface area contributed by atoms with E-state index in [9.17, 15) is 4.39 Å². The molecule has 96 valence electrons. The van der Waals surface area contributed by atoms with Crippen LogP contribution in [0.4, 0.5) is 10.2 Å². The highest BCUT2D eigenvalue weighted by Crippen LogP contribution is 2.24. The first kappa shape index (κ1) is 12.8. The van der Waals surface area contributed by atoms with E-state index in [0.717, 1.165) is 41.7 Å². The second-order valence-electron chi connectivity index (χ2n) is 4.59. The molecule has 2 aromatic rings. The molecule has 0 spiro atoms. The molecule has 0 saturated heterocycles. The Labute approximate surface area is 107 Å². The zero-order chi connectivity index (χ0) is 13.1. The smallest absolute Gasteiger partial charge is 0.149 e. The van der Waals surface area contributed by atoms with Crippen LogP contribution in [0, 0.1) is 12.7 Å². The minimum Gasteiger partial charge on any atom is -0.370 e. The number of hydrogen-bond acceptors (Lipinski definition) is 2. The van der Waals surface area contributed by atoms with Crippen LogP contribution in [0.5, 0.6) is 0 Å². The summed E-state index contributed by atoms with van der Waals surface area (Å²) >= 11 is 0. The summed E-state index contributed by atoms with van der Waals surface area (Å²) in [5, 5.41) is 4.10. The van der Waals surface area contributed by atoms with Crippen LogP contribution in [0.25, 0.3) is 10.9 Å². The van der Waals surface area contributed by atoms with Crippen molar-refractivity contribution >= 4 is 16.7 Å². The second kappa shape index (κ2) is 5.34. The first-order valence-electron chi connectivity index (χ1n) is 6.49. The number of halogens is 1. The van der Waals surface area contributed by atoms with E-state index in [-0.39, 0.29) is 5.82 Å². The fraction of sp³-hybridized carbons (Fsp3) is 0.400. The molecule has 0 bridgehead atoms. The molecule has 0 aliphatic carbocycles. The maximum Gasteiger partial charge on any atom is 0.149 e. The molecule has 1 aromatic carbocycles. The molecule has 1 N–H and O–H groups in total. The fourth-order valence-electron chi connectivity index (χ4n) is 2.21. The molecule has 0 fully saturated rings. The molecule has 2 nitrogen and oxygen atoms in total. The van der Waals surface area contributed by atoms with E-state index in [1.807, 2.05) is 19.9 Å². The van der Waals surface area contributed by atoms with Crippen molar-refractivity contribution in [3.05, 3.63) is 35.1 Å². The summed E-state index contributed by atoms with van der Waals surface area (Å²) in [4.78, 5) is 4.44. The Morgan fingerprint density at radius 2 is 2.00 bits per heavy atom. The van der Waals surface area contributed by atoms with Gasteiger partial charge in [0, 0.05) is 11.9 Å². The Morgan fingerprint density at radius 3 is 2.67 bits per heavy atom. The van der Waals surface area contributed by atoms with Crippen molar-refractivity contribution in [2.24, 2.45) is 0 Å². The van der Waals surface area contributed by atoms with Crippen LogP contribution < -0.4 is 5.32 Å². The molecule has 1 heterocycles. The lowest BCUT2D eigenvalue weighted by Gasteiger charge is -2.11. The lowest BCUT2D eigenvalue weighted by atomic mass is 10.1.